The fraction of sp³-hybridized carbons (Fsp3) is 0.379. The number of likely N-dealkylation sites (tertiary alicyclic amines) is 1. The van der Waals surface area contributed by atoms with Crippen LogP contribution in [0.4, 0.5) is 4.39 Å². The molecule has 38 heavy (non-hydrogen) atoms. The maximum absolute atomic E-state index is 15.6. The number of hydrogen-bond donors (Lipinski definition) is 0. The molecule has 1 aromatic heterocycles. The Morgan fingerprint density at radius 2 is 1.76 bits per heavy atom. The number of benzene rings is 2. The molecule has 1 saturated heterocycles. The van der Waals surface area contributed by atoms with Crippen molar-refractivity contribution in [3.8, 4) is 6.07 Å². The highest BCUT2D eigenvalue weighted by molar-refractivity contribution is 7.90. The van der Waals surface area contributed by atoms with E-state index < -0.39 is 21.6 Å². The summed E-state index contributed by atoms with van der Waals surface area (Å²) in [6.45, 7) is 7.83. The quantitative estimate of drug-likeness (QED) is 0.238. The van der Waals surface area contributed by atoms with Gasteiger partial charge in [0.15, 0.2) is 0 Å². The number of nitrogens with zero attached hydrogens (tertiary/aromatic N) is 4. The van der Waals surface area contributed by atoms with Crippen LogP contribution in [-0.2, 0) is 10.0 Å². The van der Waals surface area contributed by atoms with Crippen LogP contribution >= 0.6 is 0 Å². The average molecular weight is 537 g/mol. The zero-order valence-electron chi connectivity index (χ0n) is 22.4. The summed E-state index contributed by atoms with van der Waals surface area (Å²) in [6, 6.07) is 12.9. The average Bonchev–Trinajstić information content (AvgIpc) is 3.25. The molecule has 4 rings (SSSR count). The lowest BCUT2D eigenvalue weighted by Gasteiger charge is -2.34. The molecule has 0 N–H and O–H groups in total. The first-order valence-electron chi connectivity index (χ1n) is 12.7. The molecule has 1 fully saturated rings. The second-order valence-corrected chi connectivity index (χ2v) is 12.2. The Kier molecular flexibility index (Phi) is 7.77. The van der Waals surface area contributed by atoms with Crippen LogP contribution in [0.1, 0.15) is 54.2 Å². The molecule has 0 amide bonds. The van der Waals surface area contributed by atoms with E-state index >= 15 is 4.39 Å². The summed E-state index contributed by atoms with van der Waals surface area (Å²) >= 11 is 0. The highest BCUT2D eigenvalue weighted by Crippen LogP contribution is 2.35. The van der Waals surface area contributed by atoms with Gasteiger partial charge in [-0.2, -0.15) is 5.26 Å². The van der Waals surface area contributed by atoms with Crippen molar-refractivity contribution in [3.05, 3.63) is 76.9 Å². The van der Waals surface area contributed by atoms with Gasteiger partial charge in [-0.05, 0) is 88.5 Å². The summed E-state index contributed by atoms with van der Waals surface area (Å²) in [5.74, 6) is -1.25. The minimum atomic E-state index is -4.28. The number of carbonyl (C=O) groups excluding carboxylic acids is 1. The fourth-order valence-corrected chi connectivity index (χ4v) is 6.53. The Labute approximate surface area is 223 Å². The minimum Gasteiger partial charge on any atom is -0.382 e. The molecule has 3 aromatic rings. The van der Waals surface area contributed by atoms with E-state index in [4.69, 9.17) is 0 Å². The Morgan fingerprint density at radius 1 is 1.13 bits per heavy atom. The van der Waals surface area contributed by atoms with Gasteiger partial charge in [-0.1, -0.05) is 17.7 Å². The molecule has 0 radical (unpaired) electrons. The largest absolute Gasteiger partial charge is 0.382 e. The van der Waals surface area contributed by atoms with Crippen LogP contribution in [0, 0.1) is 24.1 Å². The predicted octanol–water partition coefficient (Wildman–Crippen LogP) is 5.07. The zero-order chi connectivity index (χ0) is 27.8. The molecule has 0 spiro atoms. The lowest BCUT2D eigenvalue weighted by molar-refractivity contribution is 0.103. The first-order valence-corrected chi connectivity index (χ1v) is 14.1. The van der Waals surface area contributed by atoms with Crippen molar-refractivity contribution in [1.82, 2.24) is 13.8 Å². The van der Waals surface area contributed by atoms with Crippen molar-refractivity contribution < 1.29 is 17.6 Å². The molecule has 0 bridgehead atoms. The summed E-state index contributed by atoms with van der Waals surface area (Å²) in [6.07, 6.45) is 2.93. The molecule has 2 aromatic carbocycles. The Morgan fingerprint density at radius 3 is 2.32 bits per heavy atom. The molecule has 0 saturated carbocycles. The number of halogens is 1. The van der Waals surface area contributed by atoms with Crippen LogP contribution in [0.15, 0.2) is 59.1 Å². The van der Waals surface area contributed by atoms with Gasteiger partial charge in [0.05, 0.1) is 10.4 Å². The third-order valence-corrected chi connectivity index (χ3v) is 8.86. The summed E-state index contributed by atoms with van der Waals surface area (Å²) in [4.78, 5) is 17.4. The monoisotopic (exact) mass is 536 g/mol. The van der Waals surface area contributed by atoms with E-state index in [0.29, 0.717) is 17.0 Å². The standard InChI is InChI=1S/C29H33FN4O3S/c1-19(2)33-12-10-21(11-13-33)25-14-22-15-28(29(35)23(17-31)18-32(4)5)34(27(22)16-26(25)30)38(36,37)24-8-6-20(3)7-9-24/h6-9,14-16,18-19,21H,10-13H2,1-5H3/b23-18+. The number of nitriles is 1. The van der Waals surface area contributed by atoms with E-state index in [-0.39, 0.29) is 27.6 Å². The summed E-state index contributed by atoms with van der Waals surface area (Å²) in [5.41, 5.74) is 1.03. The summed E-state index contributed by atoms with van der Waals surface area (Å²) < 4.78 is 44.2. The van der Waals surface area contributed by atoms with Crippen molar-refractivity contribution in [2.24, 2.45) is 0 Å². The van der Waals surface area contributed by atoms with Gasteiger partial charge in [0.25, 0.3) is 10.0 Å². The van der Waals surface area contributed by atoms with Gasteiger partial charge in [-0.15, -0.1) is 0 Å². The van der Waals surface area contributed by atoms with Gasteiger partial charge in [-0.25, -0.2) is 16.8 Å². The first kappa shape index (κ1) is 27.6. The van der Waals surface area contributed by atoms with Crippen LogP contribution in [0.25, 0.3) is 10.9 Å². The number of fused-ring (bicyclic) bond motifs is 1. The third-order valence-electron chi connectivity index (χ3n) is 7.12. The number of ketones is 1. The predicted molar refractivity (Wildman–Crippen MR) is 146 cm³/mol. The lowest BCUT2D eigenvalue weighted by atomic mass is 9.88. The van der Waals surface area contributed by atoms with E-state index in [2.05, 4.69) is 18.7 Å². The maximum atomic E-state index is 15.6. The second kappa shape index (κ2) is 10.7. The van der Waals surface area contributed by atoms with Crippen molar-refractivity contribution in [1.29, 1.82) is 5.26 Å². The van der Waals surface area contributed by atoms with Crippen LogP contribution in [0.3, 0.4) is 0 Å². The van der Waals surface area contributed by atoms with Gasteiger partial charge < -0.3 is 9.80 Å². The van der Waals surface area contributed by atoms with Crippen LogP contribution in [0.5, 0.6) is 0 Å². The molecule has 200 valence electrons. The number of hydrogen-bond acceptors (Lipinski definition) is 6. The van der Waals surface area contributed by atoms with Gasteiger partial charge in [0, 0.05) is 31.7 Å². The molecular weight excluding hydrogens is 503 g/mol. The molecule has 1 aliphatic rings. The summed E-state index contributed by atoms with van der Waals surface area (Å²) in [7, 11) is -0.960. The zero-order valence-corrected chi connectivity index (χ0v) is 23.2. The van der Waals surface area contributed by atoms with Crippen LogP contribution in [-0.4, -0.2) is 61.2 Å². The molecule has 2 heterocycles. The summed E-state index contributed by atoms with van der Waals surface area (Å²) in [5, 5.41) is 10.1. The molecule has 0 unspecified atom stereocenters. The van der Waals surface area contributed by atoms with Crippen LogP contribution < -0.4 is 0 Å². The first-order chi connectivity index (χ1) is 17.9. The molecule has 9 heteroatoms. The molecular formula is C29H33FN4O3S. The number of Topliss-reactive ketones (excluding diaryl/α,β-unsaturated/α-hetero) is 1. The molecule has 0 atom stereocenters. The Hall–Kier alpha value is -3.48. The number of aryl methyl sites for hydroxylation is 1. The SMILES string of the molecule is Cc1ccc(S(=O)(=O)n2c(C(=O)/C(C#N)=C/N(C)C)cc3cc(C4CCN(C(C)C)CC4)c(F)cc32)cc1. The Bertz CT molecular complexity index is 1540. The number of carbonyl (C=O) groups is 1. The minimum absolute atomic E-state index is 0.00564. The lowest BCUT2D eigenvalue weighted by Crippen LogP contribution is -2.38. The van der Waals surface area contributed by atoms with E-state index in [1.165, 1.54) is 30.5 Å². The molecule has 7 nitrogen and oxygen atoms in total. The van der Waals surface area contributed by atoms with Crippen molar-refractivity contribution in [2.75, 3.05) is 27.2 Å². The second-order valence-electron chi connectivity index (χ2n) is 10.4. The third kappa shape index (κ3) is 5.24. The molecule has 0 aliphatic carbocycles. The van der Waals surface area contributed by atoms with Gasteiger partial charge in [-0.3, -0.25) is 4.79 Å². The van der Waals surface area contributed by atoms with Gasteiger partial charge in [0.1, 0.15) is 23.2 Å². The normalized spacial score (nSPS) is 15.7. The highest BCUT2D eigenvalue weighted by atomic mass is 32.2. The maximum Gasteiger partial charge on any atom is 0.268 e. The van der Waals surface area contributed by atoms with Crippen molar-refractivity contribution in [3.63, 3.8) is 0 Å². The van der Waals surface area contributed by atoms with E-state index in [1.54, 1.807) is 37.2 Å². The van der Waals surface area contributed by atoms with E-state index in [1.807, 2.05) is 13.0 Å². The number of piperidine rings is 1. The number of aromatic nitrogens is 1. The van der Waals surface area contributed by atoms with Crippen molar-refractivity contribution >= 4 is 26.7 Å². The van der Waals surface area contributed by atoms with E-state index in [9.17, 15) is 18.5 Å². The van der Waals surface area contributed by atoms with Crippen molar-refractivity contribution in [2.45, 2.75) is 50.5 Å². The highest BCUT2D eigenvalue weighted by Gasteiger charge is 2.30. The smallest absolute Gasteiger partial charge is 0.268 e. The van der Waals surface area contributed by atoms with Gasteiger partial charge in [0.2, 0.25) is 5.78 Å². The fourth-order valence-electron chi connectivity index (χ4n) is 5.03. The molecule has 1 aliphatic heterocycles. The number of rotatable bonds is 7. The van der Waals surface area contributed by atoms with Crippen LogP contribution in [0.2, 0.25) is 0 Å². The Balaban J connectivity index is 1.90. The van der Waals surface area contributed by atoms with E-state index in [0.717, 1.165) is 35.5 Å². The van der Waals surface area contributed by atoms with Gasteiger partial charge >= 0.3 is 0 Å². The number of allylic oxidation sites excluding steroid dienone is 1. The topological polar surface area (TPSA) is 86.4 Å².